The summed E-state index contributed by atoms with van der Waals surface area (Å²) in [7, 11) is 0. The van der Waals surface area contributed by atoms with E-state index in [1.165, 1.54) is 29.8 Å². The Morgan fingerprint density at radius 1 is 1.41 bits per heavy atom. The third kappa shape index (κ3) is 3.70. The van der Waals surface area contributed by atoms with Crippen LogP contribution in [0.2, 0.25) is 0 Å². The number of hydrogen-bond donors (Lipinski definition) is 1. The van der Waals surface area contributed by atoms with E-state index in [0.717, 1.165) is 32.0 Å². The fraction of sp³-hybridized carbons (Fsp3) is 0.632. The summed E-state index contributed by atoms with van der Waals surface area (Å²) in [5, 5.41) is 3.51. The maximum Gasteiger partial charge on any atom is 0.0533 e. The Balaban J connectivity index is 0.000000847. The molecule has 0 aromatic heterocycles. The first-order valence-electron chi connectivity index (χ1n) is 8.78. The maximum absolute atomic E-state index is 4.53. The number of aliphatic imine (C=N–C) groups is 1. The minimum Gasteiger partial charge on any atom is -0.372 e. The quantitative estimate of drug-likeness (QED) is 0.856. The van der Waals surface area contributed by atoms with Gasteiger partial charge in [0.1, 0.15) is 0 Å². The van der Waals surface area contributed by atoms with Crippen molar-refractivity contribution in [2.45, 2.75) is 53.0 Å². The van der Waals surface area contributed by atoms with Crippen molar-refractivity contribution >= 4 is 5.71 Å². The highest BCUT2D eigenvalue weighted by atomic mass is 15.2. The highest BCUT2D eigenvalue weighted by molar-refractivity contribution is 6.08. The van der Waals surface area contributed by atoms with Crippen molar-refractivity contribution in [3.63, 3.8) is 0 Å². The largest absolute Gasteiger partial charge is 0.372 e. The molecule has 2 aliphatic carbocycles. The van der Waals surface area contributed by atoms with E-state index in [2.05, 4.69) is 41.7 Å². The fourth-order valence-corrected chi connectivity index (χ4v) is 3.38. The van der Waals surface area contributed by atoms with Crippen LogP contribution in [-0.2, 0) is 0 Å². The van der Waals surface area contributed by atoms with Gasteiger partial charge in [-0.2, -0.15) is 0 Å². The summed E-state index contributed by atoms with van der Waals surface area (Å²) < 4.78 is 0. The van der Waals surface area contributed by atoms with Crippen LogP contribution in [0, 0.1) is 5.92 Å². The van der Waals surface area contributed by atoms with Gasteiger partial charge >= 0.3 is 0 Å². The fourth-order valence-electron chi connectivity index (χ4n) is 3.38. The highest BCUT2D eigenvalue weighted by Gasteiger charge is 2.34. The van der Waals surface area contributed by atoms with Gasteiger partial charge in [-0.15, -0.1) is 0 Å². The van der Waals surface area contributed by atoms with Gasteiger partial charge in [0.2, 0.25) is 0 Å². The molecule has 0 spiro atoms. The molecule has 1 saturated carbocycles. The molecule has 0 aromatic rings. The molecule has 1 atom stereocenters. The third-order valence-corrected chi connectivity index (χ3v) is 4.56. The van der Waals surface area contributed by atoms with Crippen molar-refractivity contribution in [3.8, 4) is 0 Å². The highest BCUT2D eigenvalue weighted by Crippen LogP contribution is 2.44. The summed E-state index contributed by atoms with van der Waals surface area (Å²) in [5.74, 6) is 0.790. The summed E-state index contributed by atoms with van der Waals surface area (Å²) >= 11 is 0. The van der Waals surface area contributed by atoms with Gasteiger partial charge in [-0.3, -0.25) is 4.99 Å². The van der Waals surface area contributed by atoms with Gasteiger partial charge in [0.25, 0.3) is 0 Å². The number of nitrogens with zero attached hydrogens (tertiary/aromatic N) is 2. The van der Waals surface area contributed by atoms with Crippen molar-refractivity contribution in [2.75, 3.05) is 19.6 Å². The zero-order valence-electron chi connectivity index (χ0n) is 14.7. The molecule has 0 radical (unpaired) electrons. The molecule has 0 bridgehead atoms. The summed E-state index contributed by atoms with van der Waals surface area (Å²) in [6.07, 6.45) is 7.76. The van der Waals surface area contributed by atoms with Crippen LogP contribution in [0.1, 0.15) is 47.0 Å². The van der Waals surface area contributed by atoms with Gasteiger partial charge in [0, 0.05) is 49.6 Å². The zero-order chi connectivity index (χ0) is 16.1. The summed E-state index contributed by atoms with van der Waals surface area (Å²) in [6, 6.07) is 0.564. The lowest BCUT2D eigenvalue weighted by molar-refractivity contribution is 0.255. The number of allylic oxidation sites excluding steroid dienone is 4. The molecule has 22 heavy (non-hydrogen) atoms. The van der Waals surface area contributed by atoms with E-state index in [0.29, 0.717) is 6.04 Å². The lowest BCUT2D eigenvalue weighted by atomic mass is 10.00. The lowest BCUT2D eigenvalue weighted by Gasteiger charge is -2.35. The van der Waals surface area contributed by atoms with Gasteiger partial charge in [0.05, 0.1) is 5.71 Å². The SMILES string of the molecule is C=CN=C1CC=C(C2CC2)/C1=C(/C)N1CCN[C@H](C)C1.CC. The Bertz CT molecular complexity index is 495. The van der Waals surface area contributed by atoms with E-state index in [-0.39, 0.29) is 0 Å². The second-order valence-corrected chi connectivity index (χ2v) is 6.16. The number of hydrogen-bond acceptors (Lipinski definition) is 3. The first kappa shape index (κ1) is 17.0. The van der Waals surface area contributed by atoms with E-state index in [4.69, 9.17) is 0 Å². The summed E-state index contributed by atoms with van der Waals surface area (Å²) in [4.78, 5) is 7.05. The molecule has 0 amide bonds. The molecule has 1 N–H and O–H groups in total. The molecule has 3 nitrogen and oxygen atoms in total. The Hall–Kier alpha value is -1.35. The number of piperazine rings is 1. The molecule has 1 saturated heterocycles. The molecule has 3 heteroatoms. The predicted molar refractivity (Wildman–Crippen MR) is 96.1 cm³/mol. The number of rotatable bonds is 3. The molecule has 0 aromatic carbocycles. The Kier molecular flexibility index (Phi) is 6.01. The van der Waals surface area contributed by atoms with E-state index in [9.17, 15) is 0 Å². The van der Waals surface area contributed by atoms with Crippen molar-refractivity contribution in [1.29, 1.82) is 0 Å². The first-order chi connectivity index (χ1) is 10.7. The first-order valence-corrected chi connectivity index (χ1v) is 8.78. The van der Waals surface area contributed by atoms with Gasteiger partial charge in [-0.1, -0.05) is 26.5 Å². The van der Waals surface area contributed by atoms with Crippen molar-refractivity contribution in [3.05, 3.63) is 35.7 Å². The van der Waals surface area contributed by atoms with E-state index in [1.807, 2.05) is 13.8 Å². The van der Waals surface area contributed by atoms with Gasteiger partial charge in [0.15, 0.2) is 0 Å². The molecule has 1 aliphatic heterocycles. The van der Waals surface area contributed by atoms with Gasteiger partial charge in [-0.25, -0.2) is 0 Å². The van der Waals surface area contributed by atoms with Crippen LogP contribution >= 0.6 is 0 Å². The molecule has 3 rings (SSSR count). The van der Waals surface area contributed by atoms with Crippen LogP contribution in [0.4, 0.5) is 0 Å². The molecule has 0 unspecified atom stereocenters. The zero-order valence-corrected chi connectivity index (χ0v) is 14.7. The molecular weight excluding hydrogens is 270 g/mol. The Labute approximate surface area is 135 Å². The minimum absolute atomic E-state index is 0.564. The molecule has 122 valence electrons. The molecule has 1 heterocycles. The van der Waals surface area contributed by atoms with E-state index in [1.54, 1.807) is 11.8 Å². The predicted octanol–water partition coefficient (Wildman–Crippen LogP) is 3.90. The Morgan fingerprint density at radius 3 is 2.73 bits per heavy atom. The normalized spacial score (nSPS) is 28.9. The van der Waals surface area contributed by atoms with Crippen LogP contribution in [0.25, 0.3) is 0 Å². The smallest absolute Gasteiger partial charge is 0.0533 e. The lowest BCUT2D eigenvalue weighted by Crippen LogP contribution is -2.48. The number of nitrogens with one attached hydrogen (secondary N) is 1. The van der Waals surface area contributed by atoms with Crippen LogP contribution in [0.5, 0.6) is 0 Å². The van der Waals surface area contributed by atoms with Crippen LogP contribution in [-0.4, -0.2) is 36.3 Å². The summed E-state index contributed by atoms with van der Waals surface area (Å²) in [5.41, 5.74) is 5.59. The molecule has 3 aliphatic rings. The standard InChI is InChI=1S/C17H25N3.C2H6/c1-4-18-16-8-7-15(14-5-6-14)17(16)13(3)20-10-9-19-12(2)11-20;1-2/h4,7,12,14,19H,1,5-6,8-11H2,2-3H3;1-2H3/b17-13+,18-16?;/t12-;/m1./s1. The average Bonchev–Trinajstić information content (AvgIpc) is 3.30. The van der Waals surface area contributed by atoms with Crippen molar-refractivity contribution in [2.24, 2.45) is 10.9 Å². The van der Waals surface area contributed by atoms with Gasteiger partial charge < -0.3 is 10.2 Å². The summed E-state index contributed by atoms with van der Waals surface area (Å²) in [6.45, 7) is 15.6. The van der Waals surface area contributed by atoms with E-state index < -0.39 is 0 Å². The Morgan fingerprint density at radius 2 is 2.14 bits per heavy atom. The van der Waals surface area contributed by atoms with Crippen LogP contribution in [0.3, 0.4) is 0 Å². The second kappa shape index (κ2) is 7.77. The average molecular weight is 301 g/mol. The monoisotopic (exact) mass is 301 g/mol. The second-order valence-electron chi connectivity index (χ2n) is 6.16. The van der Waals surface area contributed by atoms with E-state index >= 15 is 0 Å². The van der Waals surface area contributed by atoms with Crippen LogP contribution in [0.15, 0.2) is 40.7 Å². The van der Waals surface area contributed by atoms with Gasteiger partial charge in [-0.05, 0) is 38.2 Å². The third-order valence-electron chi connectivity index (χ3n) is 4.56. The molecule has 2 fully saturated rings. The minimum atomic E-state index is 0.564. The van der Waals surface area contributed by atoms with Crippen LogP contribution < -0.4 is 5.32 Å². The molecular formula is C19H31N3. The van der Waals surface area contributed by atoms with Crippen molar-refractivity contribution < 1.29 is 0 Å². The maximum atomic E-state index is 4.53. The topological polar surface area (TPSA) is 27.6 Å². The van der Waals surface area contributed by atoms with Crippen molar-refractivity contribution in [1.82, 2.24) is 10.2 Å².